The maximum absolute atomic E-state index is 12.6. The van der Waals surface area contributed by atoms with Gasteiger partial charge in [0.1, 0.15) is 5.75 Å². The lowest BCUT2D eigenvalue weighted by molar-refractivity contribution is -0.121. The molecule has 0 spiro atoms. The van der Waals surface area contributed by atoms with Gasteiger partial charge in [0.25, 0.3) is 0 Å². The van der Waals surface area contributed by atoms with Crippen LogP contribution in [-0.2, 0) is 22.5 Å². The van der Waals surface area contributed by atoms with Crippen LogP contribution in [0.15, 0.2) is 48.5 Å². The number of ether oxygens (including phenoxy) is 4. The van der Waals surface area contributed by atoms with Crippen LogP contribution in [0.2, 0.25) is 0 Å². The van der Waals surface area contributed by atoms with Gasteiger partial charge in [-0.2, -0.15) is 0 Å². The van der Waals surface area contributed by atoms with E-state index in [2.05, 4.69) is 5.32 Å². The number of aromatic nitrogens is 1. The first-order valence-corrected chi connectivity index (χ1v) is 11.9. The molecule has 0 unspecified atom stereocenters. The zero-order valence-corrected chi connectivity index (χ0v) is 21.6. The average molecular weight is 495 g/mol. The number of carbonyl (C=O) groups is 2. The molecule has 1 N–H and O–H groups in total. The molecule has 0 aliphatic rings. The standard InChI is InChI=1S/C28H34N2O6/c1-6-36-28(32)23-18-24(21-8-10-22(33-3)11-9-21)30(19(23)2)16-14-27(31)29-15-13-20-7-12-25(34-4)26(17-20)35-5/h7-12,17-18H,6,13-16H2,1-5H3,(H,29,31). The number of rotatable bonds is 12. The van der Waals surface area contributed by atoms with E-state index < -0.39 is 0 Å². The minimum absolute atomic E-state index is 0.0676. The molecule has 1 aromatic heterocycles. The van der Waals surface area contributed by atoms with E-state index >= 15 is 0 Å². The quantitative estimate of drug-likeness (QED) is 0.375. The zero-order chi connectivity index (χ0) is 26.1. The predicted octanol–water partition coefficient (Wildman–Crippen LogP) is 4.42. The number of nitrogens with one attached hydrogen (secondary N) is 1. The molecule has 0 aliphatic carbocycles. The maximum atomic E-state index is 12.6. The highest BCUT2D eigenvalue weighted by Crippen LogP contribution is 2.29. The fraction of sp³-hybridized carbons (Fsp3) is 0.357. The van der Waals surface area contributed by atoms with Crippen LogP contribution in [-0.4, -0.2) is 50.9 Å². The van der Waals surface area contributed by atoms with Gasteiger partial charge in [-0.1, -0.05) is 6.07 Å². The van der Waals surface area contributed by atoms with Crippen molar-refractivity contribution in [2.24, 2.45) is 0 Å². The van der Waals surface area contributed by atoms with E-state index in [1.165, 1.54) is 0 Å². The van der Waals surface area contributed by atoms with Crippen molar-refractivity contribution in [3.8, 4) is 28.5 Å². The molecule has 1 amide bonds. The lowest BCUT2D eigenvalue weighted by Gasteiger charge is -2.13. The maximum Gasteiger partial charge on any atom is 0.339 e. The fourth-order valence-electron chi connectivity index (χ4n) is 4.03. The second kappa shape index (κ2) is 12.7. The molecule has 0 radical (unpaired) electrons. The Labute approximate surface area is 212 Å². The van der Waals surface area contributed by atoms with Gasteiger partial charge in [0.15, 0.2) is 11.5 Å². The summed E-state index contributed by atoms with van der Waals surface area (Å²) in [6, 6.07) is 15.1. The third-order valence-corrected chi connectivity index (χ3v) is 5.99. The summed E-state index contributed by atoms with van der Waals surface area (Å²) >= 11 is 0. The number of benzene rings is 2. The molecule has 192 valence electrons. The zero-order valence-electron chi connectivity index (χ0n) is 21.6. The molecule has 3 aromatic rings. The van der Waals surface area contributed by atoms with E-state index in [4.69, 9.17) is 18.9 Å². The highest BCUT2D eigenvalue weighted by Gasteiger charge is 2.20. The molecule has 0 atom stereocenters. The van der Waals surface area contributed by atoms with Crippen molar-refractivity contribution < 1.29 is 28.5 Å². The van der Waals surface area contributed by atoms with Gasteiger partial charge in [-0.3, -0.25) is 4.79 Å². The average Bonchev–Trinajstić information content (AvgIpc) is 3.23. The van der Waals surface area contributed by atoms with Crippen LogP contribution in [0.4, 0.5) is 0 Å². The highest BCUT2D eigenvalue weighted by atomic mass is 16.5. The van der Waals surface area contributed by atoms with E-state index in [9.17, 15) is 9.59 Å². The smallest absolute Gasteiger partial charge is 0.339 e. The minimum Gasteiger partial charge on any atom is -0.497 e. The molecule has 0 saturated heterocycles. The van der Waals surface area contributed by atoms with Crippen LogP contribution in [0.5, 0.6) is 17.2 Å². The highest BCUT2D eigenvalue weighted by molar-refractivity contribution is 5.92. The minimum atomic E-state index is -0.372. The van der Waals surface area contributed by atoms with Gasteiger partial charge in [-0.25, -0.2) is 4.79 Å². The Hall–Kier alpha value is -3.94. The first-order chi connectivity index (χ1) is 17.4. The van der Waals surface area contributed by atoms with Gasteiger partial charge >= 0.3 is 5.97 Å². The number of carbonyl (C=O) groups excluding carboxylic acids is 2. The Kier molecular flexibility index (Phi) is 9.39. The Morgan fingerprint density at radius 3 is 2.28 bits per heavy atom. The summed E-state index contributed by atoms with van der Waals surface area (Å²) in [5.41, 5.74) is 4.06. The van der Waals surface area contributed by atoms with E-state index in [1.54, 1.807) is 28.3 Å². The van der Waals surface area contributed by atoms with Gasteiger partial charge in [-0.15, -0.1) is 0 Å². The molecular formula is C28H34N2O6. The number of esters is 1. The largest absolute Gasteiger partial charge is 0.497 e. The molecule has 0 bridgehead atoms. The summed E-state index contributed by atoms with van der Waals surface area (Å²) < 4.78 is 23.1. The third kappa shape index (κ3) is 6.38. The molecule has 0 fully saturated rings. The topological polar surface area (TPSA) is 88.0 Å². The van der Waals surface area contributed by atoms with Crippen molar-refractivity contribution in [1.82, 2.24) is 9.88 Å². The normalized spacial score (nSPS) is 10.6. The van der Waals surface area contributed by atoms with Crippen molar-refractivity contribution in [3.63, 3.8) is 0 Å². The lowest BCUT2D eigenvalue weighted by atomic mass is 10.1. The van der Waals surface area contributed by atoms with E-state index in [-0.39, 0.29) is 18.3 Å². The number of hydrogen-bond donors (Lipinski definition) is 1. The molecule has 0 aliphatic heterocycles. The van der Waals surface area contributed by atoms with Gasteiger partial charge < -0.3 is 28.8 Å². The monoisotopic (exact) mass is 494 g/mol. The Morgan fingerprint density at radius 2 is 1.64 bits per heavy atom. The third-order valence-electron chi connectivity index (χ3n) is 5.99. The summed E-state index contributed by atoms with van der Waals surface area (Å²) in [5, 5.41) is 2.98. The number of amides is 1. The van der Waals surface area contributed by atoms with Crippen LogP contribution < -0.4 is 19.5 Å². The van der Waals surface area contributed by atoms with Gasteiger partial charge in [0, 0.05) is 30.9 Å². The van der Waals surface area contributed by atoms with Crippen LogP contribution in [0.25, 0.3) is 11.3 Å². The van der Waals surface area contributed by atoms with Crippen molar-refractivity contribution >= 4 is 11.9 Å². The van der Waals surface area contributed by atoms with Crippen molar-refractivity contribution in [3.05, 3.63) is 65.4 Å². The van der Waals surface area contributed by atoms with Crippen molar-refractivity contribution in [2.75, 3.05) is 34.5 Å². The van der Waals surface area contributed by atoms with E-state index in [0.717, 1.165) is 28.3 Å². The number of hydrogen-bond acceptors (Lipinski definition) is 6. The summed E-state index contributed by atoms with van der Waals surface area (Å²) in [6.45, 7) is 4.87. The number of nitrogens with zero attached hydrogens (tertiary/aromatic N) is 1. The summed E-state index contributed by atoms with van der Waals surface area (Å²) in [5.74, 6) is 1.63. The first kappa shape index (κ1) is 26.7. The SMILES string of the molecule is CCOC(=O)c1cc(-c2ccc(OC)cc2)n(CCC(=O)NCCc2ccc(OC)c(OC)c2)c1C. The second-order valence-corrected chi connectivity index (χ2v) is 8.17. The van der Waals surface area contributed by atoms with E-state index in [1.807, 2.05) is 60.0 Å². The van der Waals surface area contributed by atoms with Gasteiger partial charge in [0.2, 0.25) is 5.91 Å². The Bertz CT molecular complexity index is 1180. The van der Waals surface area contributed by atoms with Gasteiger partial charge in [-0.05, 0) is 73.9 Å². The van der Waals surface area contributed by atoms with Crippen LogP contribution >= 0.6 is 0 Å². The Morgan fingerprint density at radius 1 is 0.917 bits per heavy atom. The second-order valence-electron chi connectivity index (χ2n) is 8.17. The predicted molar refractivity (Wildman–Crippen MR) is 138 cm³/mol. The first-order valence-electron chi connectivity index (χ1n) is 11.9. The molecule has 0 saturated carbocycles. The fourth-order valence-corrected chi connectivity index (χ4v) is 4.03. The summed E-state index contributed by atoms with van der Waals surface area (Å²) in [4.78, 5) is 25.2. The molecule has 2 aromatic carbocycles. The lowest BCUT2D eigenvalue weighted by Crippen LogP contribution is -2.26. The molecular weight excluding hydrogens is 460 g/mol. The van der Waals surface area contributed by atoms with E-state index in [0.29, 0.717) is 43.2 Å². The van der Waals surface area contributed by atoms with Crippen LogP contribution in [0, 0.1) is 6.92 Å². The molecule has 1 heterocycles. The van der Waals surface area contributed by atoms with Crippen LogP contribution in [0.1, 0.15) is 35.0 Å². The Balaban J connectivity index is 1.68. The molecule has 8 heteroatoms. The van der Waals surface area contributed by atoms with Crippen molar-refractivity contribution in [1.29, 1.82) is 0 Å². The molecule has 36 heavy (non-hydrogen) atoms. The summed E-state index contributed by atoms with van der Waals surface area (Å²) in [7, 11) is 4.81. The number of methoxy groups -OCH3 is 3. The summed E-state index contributed by atoms with van der Waals surface area (Å²) in [6.07, 6.45) is 0.936. The molecule has 8 nitrogen and oxygen atoms in total. The van der Waals surface area contributed by atoms with Crippen LogP contribution in [0.3, 0.4) is 0 Å². The van der Waals surface area contributed by atoms with Crippen molar-refractivity contribution in [2.45, 2.75) is 33.2 Å². The van der Waals surface area contributed by atoms with Gasteiger partial charge in [0.05, 0.1) is 33.5 Å². The molecule has 3 rings (SSSR count).